The lowest BCUT2D eigenvalue weighted by Crippen LogP contribution is -2.32. The van der Waals surface area contributed by atoms with E-state index in [9.17, 15) is 19.1 Å². The van der Waals surface area contributed by atoms with Gasteiger partial charge in [0.2, 0.25) is 0 Å². The van der Waals surface area contributed by atoms with Crippen molar-refractivity contribution in [1.29, 1.82) is 5.41 Å². The van der Waals surface area contributed by atoms with Crippen molar-refractivity contribution in [1.82, 2.24) is 20.2 Å². The molecule has 2 aromatic carbocycles. The van der Waals surface area contributed by atoms with Crippen LogP contribution in [0.1, 0.15) is 45.4 Å². The van der Waals surface area contributed by atoms with Crippen LogP contribution in [0.15, 0.2) is 42.5 Å². The number of alkyl halides is 1. The van der Waals surface area contributed by atoms with Gasteiger partial charge in [0.1, 0.15) is 29.6 Å². The number of aromatic carboxylic acids is 1. The predicted molar refractivity (Wildman–Crippen MR) is 122 cm³/mol. The number of hydrogen-bond acceptors (Lipinski definition) is 5. The number of rotatable bonds is 10. The lowest BCUT2D eigenvalue weighted by atomic mass is 10.1. The zero-order chi connectivity index (χ0) is 24.0. The molecule has 3 aromatic rings. The minimum absolute atomic E-state index is 0.0451. The summed E-state index contributed by atoms with van der Waals surface area (Å²) >= 11 is 0. The van der Waals surface area contributed by atoms with Crippen LogP contribution in [0.3, 0.4) is 0 Å². The van der Waals surface area contributed by atoms with Gasteiger partial charge in [0.25, 0.3) is 5.91 Å². The van der Waals surface area contributed by atoms with Gasteiger partial charge in [-0.2, -0.15) is 0 Å². The summed E-state index contributed by atoms with van der Waals surface area (Å²) in [6.45, 7) is -0.537. The molecule has 3 rings (SSSR count). The zero-order valence-corrected chi connectivity index (χ0v) is 18.4. The number of para-hydroxylation sites is 1. The maximum atomic E-state index is 13.1. The molecule has 0 aliphatic heterocycles. The fourth-order valence-corrected chi connectivity index (χ4v) is 3.65. The summed E-state index contributed by atoms with van der Waals surface area (Å²) in [5.74, 6) is -0.788. The number of fused-ring (bicyclic) bond motifs is 1. The number of carboxylic acids is 1. The van der Waals surface area contributed by atoms with E-state index in [0.717, 1.165) is 5.52 Å². The number of carboxylic acid groups (broad SMARTS) is 1. The first kappa shape index (κ1) is 23.7. The summed E-state index contributed by atoms with van der Waals surface area (Å²) in [7, 11) is 3.38. The Balaban J connectivity index is 1.93. The van der Waals surface area contributed by atoms with Crippen molar-refractivity contribution in [3.63, 3.8) is 0 Å². The molecule has 0 saturated carbocycles. The number of nitrogens with one attached hydrogen (secondary N) is 3. The molecule has 0 bridgehead atoms. The van der Waals surface area contributed by atoms with Gasteiger partial charge in [0, 0.05) is 13.6 Å². The third-order valence-electron chi connectivity index (χ3n) is 5.29. The SMILES string of the molecule is COc1cccc2c1nc([C@H](CCCNC(=N)CF)NC(=O)c1ccccc1C(=O)O)n2C. The fraction of sp³-hybridized carbons (Fsp3) is 0.304. The normalized spacial score (nSPS) is 11.7. The molecule has 0 saturated heterocycles. The second-order valence-corrected chi connectivity index (χ2v) is 7.41. The molecule has 1 amide bonds. The Morgan fingerprint density at radius 3 is 2.61 bits per heavy atom. The Labute approximate surface area is 190 Å². The van der Waals surface area contributed by atoms with Crippen LogP contribution in [-0.2, 0) is 7.05 Å². The van der Waals surface area contributed by atoms with Crippen LogP contribution in [0.5, 0.6) is 5.75 Å². The number of methoxy groups -OCH3 is 1. The van der Waals surface area contributed by atoms with Crippen LogP contribution in [0.2, 0.25) is 0 Å². The molecule has 0 radical (unpaired) electrons. The largest absolute Gasteiger partial charge is 0.494 e. The molecule has 33 heavy (non-hydrogen) atoms. The van der Waals surface area contributed by atoms with E-state index in [2.05, 4.69) is 10.6 Å². The number of amides is 1. The van der Waals surface area contributed by atoms with Gasteiger partial charge >= 0.3 is 5.97 Å². The summed E-state index contributed by atoms with van der Waals surface area (Å²) in [6.07, 6.45) is 0.932. The van der Waals surface area contributed by atoms with E-state index in [0.29, 0.717) is 36.5 Å². The molecular formula is C23H26FN5O4. The highest BCUT2D eigenvalue weighted by molar-refractivity contribution is 6.04. The maximum absolute atomic E-state index is 13.1. The minimum Gasteiger partial charge on any atom is -0.494 e. The second-order valence-electron chi connectivity index (χ2n) is 7.41. The van der Waals surface area contributed by atoms with Crippen molar-refractivity contribution in [2.45, 2.75) is 18.9 Å². The van der Waals surface area contributed by atoms with Crippen LogP contribution < -0.4 is 15.4 Å². The molecule has 10 heteroatoms. The summed E-state index contributed by atoms with van der Waals surface area (Å²) in [5.41, 5.74) is 1.40. The van der Waals surface area contributed by atoms with Gasteiger partial charge in [-0.3, -0.25) is 10.2 Å². The summed E-state index contributed by atoms with van der Waals surface area (Å²) in [5, 5.41) is 22.4. The van der Waals surface area contributed by atoms with Crippen molar-refractivity contribution in [3.8, 4) is 5.75 Å². The van der Waals surface area contributed by atoms with Crippen molar-refractivity contribution >= 4 is 28.7 Å². The first-order valence-corrected chi connectivity index (χ1v) is 10.4. The van der Waals surface area contributed by atoms with Crippen LogP contribution in [-0.4, -0.2) is 52.7 Å². The van der Waals surface area contributed by atoms with Gasteiger partial charge in [-0.15, -0.1) is 0 Å². The number of aromatic nitrogens is 2. The highest BCUT2D eigenvalue weighted by atomic mass is 19.1. The highest BCUT2D eigenvalue weighted by Gasteiger charge is 2.24. The molecule has 1 aromatic heterocycles. The lowest BCUT2D eigenvalue weighted by molar-refractivity contribution is 0.0690. The molecule has 0 spiro atoms. The predicted octanol–water partition coefficient (Wildman–Crippen LogP) is 3.07. The first-order chi connectivity index (χ1) is 15.9. The minimum atomic E-state index is -1.20. The van der Waals surface area contributed by atoms with E-state index in [1.54, 1.807) is 25.3 Å². The van der Waals surface area contributed by atoms with Crippen LogP contribution in [0.4, 0.5) is 4.39 Å². The standard InChI is InChI=1S/C23H26FN5O4/c1-29-17-10-5-11-18(33-2)20(17)28-21(29)16(9-6-12-26-19(25)13-24)27-22(30)14-7-3-4-8-15(14)23(31)32/h3-5,7-8,10-11,16H,6,9,12-13H2,1-2H3,(H2,25,26)(H,27,30)(H,31,32)/t16-/m0/s1. The third kappa shape index (κ3) is 5.28. The number of hydrogen-bond donors (Lipinski definition) is 4. The first-order valence-electron chi connectivity index (χ1n) is 10.4. The van der Waals surface area contributed by atoms with Crippen LogP contribution >= 0.6 is 0 Å². The topological polar surface area (TPSA) is 129 Å². The summed E-state index contributed by atoms with van der Waals surface area (Å²) in [6, 6.07) is 10.9. The molecule has 0 aliphatic rings. The van der Waals surface area contributed by atoms with E-state index < -0.39 is 24.6 Å². The number of carbonyl (C=O) groups is 2. The molecular weight excluding hydrogens is 429 g/mol. The Morgan fingerprint density at radius 2 is 1.94 bits per heavy atom. The fourth-order valence-electron chi connectivity index (χ4n) is 3.65. The molecule has 1 heterocycles. The Morgan fingerprint density at radius 1 is 1.21 bits per heavy atom. The van der Waals surface area contributed by atoms with Crippen molar-refractivity contribution in [2.75, 3.05) is 20.3 Å². The van der Waals surface area contributed by atoms with Crippen LogP contribution in [0.25, 0.3) is 11.0 Å². The average molecular weight is 455 g/mol. The van der Waals surface area contributed by atoms with Gasteiger partial charge in [-0.25, -0.2) is 14.2 Å². The van der Waals surface area contributed by atoms with Crippen LogP contribution in [0, 0.1) is 5.41 Å². The quantitative estimate of drug-likeness (QED) is 0.211. The lowest BCUT2D eigenvalue weighted by Gasteiger charge is -2.19. The Bertz CT molecular complexity index is 1180. The third-order valence-corrected chi connectivity index (χ3v) is 5.29. The van der Waals surface area contributed by atoms with E-state index in [1.807, 2.05) is 23.7 Å². The average Bonchev–Trinajstić information content (AvgIpc) is 3.17. The van der Waals surface area contributed by atoms with Gasteiger partial charge in [0.15, 0.2) is 0 Å². The monoisotopic (exact) mass is 455 g/mol. The van der Waals surface area contributed by atoms with E-state index in [-0.39, 0.29) is 17.0 Å². The summed E-state index contributed by atoms with van der Waals surface area (Å²) < 4.78 is 19.8. The Hall–Kier alpha value is -3.95. The highest BCUT2D eigenvalue weighted by Crippen LogP contribution is 2.29. The van der Waals surface area contributed by atoms with Crippen molar-refractivity contribution in [2.24, 2.45) is 7.05 Å². The number of aryl methyl sites for hydroxylation is 1. The van der Waals surface area contributed by atoms with Gasteiger partial charge in [-0.1, -0.05) is 18.2 Å². The molecule has 0 aliphatic carbocycles. The van der Waals surface area contributed by atoms with E-state index in [4.69, 9.17) is 15.1 Å². The van der Waals surface area contributed by atoms with Gasteiger partial charge < -0.3 is 25.0 Å². The molecule has 1 atom stereocenters. The van der Waals surface area contributed by atoms with Crippen molar-refractivity contribution < 1.29 is 23.8 Å². The number of imidazole rings is 1. The summed E-state index contributed by atoms with van der Waals surface area (Å²) in [4.78, 5) is 29.3. The molecule has 0 fully saturated rings. The molecule has 174 valence electrons. The van der Waals surface area contributed by atoms with Crippen molar-refractivity contribution in [3.05, 3.63) is 59.4 Å². The molecule has 4 N–H and O–H groups in total. The molecule has 0 unspecified atom stereocenters. The van der Waals surface area contributed by atoms with Gasteiger partial charge in [0.05, 0.1) is 29.8 Å². The molecule has 9 nitrogen and oxygen atoms in total. The smallest absolute Gasteiger partial charge is 0.336 e. The number of carbonyl (C=O) groups excluding carboxylic acids is 1. The second kappa shape index (κ2) is 10.6. The van der Waals surface area contributed by atoms with Gasteiger partial charge in [-0.05, 0) is 37.1 Å². The number of ether oxygens (including phenoxy) is 1. The number of benzene rings is 2. The maximum Gasteiger partial charge on any atom is 0.336 e. The Kier molecular flexibility index (Phi) is 7.60. The zero-order valence-electron chi connectivity index (χ0n) is 18.4. The number of nitrogens with zero attached hydrogens (tertiary/aromatic N) is 2. The van der Waals surface area contributed by atoms with E-state index >= 15 is 0 Å². The number of amidine groups is 1. The number of halogens is 1. The van der Waals surface area contributed by atoms with E-state index in [1.165, 1.54) is 12.1 Å².